The average molecular weight is 554 g/mol. The third kappa shape index (κ3) is 5.57. The molecule has 0 radical (unpaired) electrons. The molecule has 6 rings (SSSR count). The normalized spacial score (nSPS) is 21.2. The van der Waals surface area contributed by atoms with E-state index in [9.17, 15) is 19.5 Å². The fraction of sp³-hybridized carbons (Fsp3) is 0.364. The van der Waals surface area contributed by atoms with Crippen molar-refractivity contribution in [1.29, 1.82) is 0 Å². The van der Waals surface area contributed by atoms with Gasteiger partial charge in [-0.3, -0.25) is 14.5 Å². The smallest absolute Gasteiger partial charge is 0.408 e. The summed E-state index contributed by atoms with van der Waals surface area (Å²) in [4.78, 5) is 40.5. The van der Waals surface area contributed by atoms with E-state index in [-0.39, 0.29) is 24.5 Å². The first-order valence-corrected chi connectivity index (χ1v) is 14.3. The van der Waals surface area contributed by atoms with Crippen LogP contribution in [0.1, 0.15) is 48.3 Å². The second-order valence-electron chi connectivity index (χ2n) is 11.5. The molecule has 212 valence electrons. The molecule has 41 heavy (non-hydrogen) atoms. The van der Waals surface area contributed by atoms with Gasteiger partial charge in [-0.05, 0) is 53.5 Å². The lowest BCUT2D eigenvalue weighted by Gasteiger charge is -2.43. The number of fused-ring (bicyclic) bond motifs is 3. The maximum absolute atomic E-state index is 13.6. The monoisotopic (exact) mass is 553 g/mol. The molecule has 3 aromatic carbocycles. The number of alkyl carbamates (subject to hydrolysis) is 1. The van der Waals surface area contributed by atoms with Crippen LogP contribution in [-0.4, -0.2) is 59.3 Å². The molecule has 0 spiro atoms. The number of nitrogens with one attached hydrogen (secondary N) is 2. The molecule has 8 nitrogen and oxygen atoms in total. The third-order valence-corrected chi connectivity index (χ3v) is 8.90. The van der Waals surface area contributed by atoms with Gasteiger partial charge in [-0.1, -0.05) is 78.9 Å². The summed E-state index contributed by atoms with van der Waals surface area (Å²) in [6.07, 6.45) is 1.07. The number of piperidine rings is 1. The first-order chi connectivity index (χ1) is 19.9. The molecule has 0 atom stereocenters. The topological polar surface area (TPSA) is 108 Å². The lowest BCUT2D eigenvalue weighted by molar-refractivity contribution is -0.146. The van der Waals surface area contributed by atoms with Crippen LogP contribution in [-0.2, 0) is 20.9 Å². The summed E-state index contributed by atoms with van der Waals surface area (Å²) in [6.45, 7) is 2.20. The first kappa shape index (κ1) is 27.0. The van der Waals surface area contributed by atoms with Gasteiger partial charge in [-0.15, -0.1) is 0 Å². The molecule has 3 aliphatic rings. The second kappa shape index (κ2) is 11.4. The van der Waals surface area contributed by atoms with Gasteiger partial charge in [-0.25, -0.2) is 4.79 Å². The van der Waals surface area contributed by atoms with Crippen molar-refractivity contribution in [3.05, 3.63) is 95.6 Å². The number of rotatable bonds is 8. The highest BCUT2D eigenvalue weighted by Crippen LogP contribution is 2.44. The van der Waals surface area contributed by atoms with Crippen molar-refractivity contribution in [3.8, 4) is 11.1 Å². The molecule has 0 unspecified atom stereocenters. The van der Waals surface area contributed by atoms with E-state index in [1.165, 1.54) is 5.56 Å². The van der Waals surface area contributed by atoms with Gasteiger partial charge in [0.15, 0.2) is 0 Å². The number of likely N-dealkylation sites (tertiary alicyclic amines) is 1. The van der Waals surface area contributed by atoms with Gasteiger partial charge in [0.05, 0.1) is 5.92 Å². The molecule has 0 bridgehead atoms. The van der Waals surface area contributed by atoms with Crippen molar-refractivity contribution >= 4 is 18.0 Å². The van der Waals surface area contributed by atoms with Crippen LogP contribution in [0.5, 0.6) is 0 Å². The molecule has 2 fully saturated rings. The van der Waals surface area contributed by atoms with Crippen molar-refractivity contribution in [2.75, 3.05) is 19.7 Å². The van der Waals surface area contributed by atoms with Gasteiger partial charge in [0.2, 0.25) is 5.91 Å². The Balaban J connectivity index is 1.13. The summed E-state index contributed by atoms with van der Waals surface area (Å²) < 4.78 is 5.81. The van der Waals surface area contributed by atoms with E-state index in [0.717, 1.165) is 28.8 Å². The number of ether oxygens (including phenoxy) is 1. The molecule has 2 aliphatic carbocycles. The van der Waals surface area contributed by atoms with E-state index >= 15 is 0 Å². The number of benzene rings is 3. The van der Waals surface area contributed by atoms with Gasteiger partial charge in [0.25, 0.3) is 0 Å². The highest BCUT2D eigenvalue weighted by Gasteiger charge is 2.46. The number of aliphatic carboxylic acids is 1. The lowest BCUT2D eigenvalue weighted by atomic mass is 9.79. The number of nitrogens with zero attached hydrogens (tertiary/aromatic N) is 1. The first-order valence-electron chi connectivity index (χ1n) is 14.3. The minimum absolute atomic E-state index is 0.0754. The van der Waals surface area contributed by atoms with Crippen LogP contribution in [0.25, 0.3) is 11.1 Å². The molecule has 3 N–H and O–H groups in total. The van der Waals surface area contributed by atoms with Crippen molar-refractivity contribution < 1.29 is 24.2 Å². The van der Waals surface area contributed by atoms with Crippen LogP contribution in [0.4, 0.5) is 4.79 Å². The van der Waals surface area contributed by atoms with Crippen LogP contribution in [0.3, 0.4) is 0 Å². The zero-order valence-corrected chi connectivity index (χ0v) is 22.9. The number of hydrogen-bond acceptors (Lipinski definition) is 5. The summed E-state index contributed by atoms with van der Waals surface area (Å²) >= 11 is 0. The van der Waals surface area contributed by atoms with Gasteiger partial charge >= 0.3 is 12.1 Å². The second-order valence-corrected chi connectivity index (χ2v) is 11.5. The van der Waals surface area contributed by atoms with Crippen LogP contribution >= 0.6 is 0 Å². The minimum Gasteiger partial charge on any atom is -0.481 e. The van der Waals surface area contributed by atoms with E-state index in [4.69, 9.17) is 4.74 Å². The zero-order chi connectivity index (χ0) is 28.4. The molecule has 2 amide bonds. The van der Waals surface area contributed by atoms with Crippen LogP contribution in [0.15, 0.2) is 78.9 Å². The van der Waals surface area contributed by atoms with Gasteiger partial charge in [0.1, 0.15) is 12.1 Å². The lowest BCUT2D eigenvalue weighted by Crippen LogP contribution is -2.65. The van der Waals surface area contributed by atoms with Gasteiger partial charge < -0.3 is 20.5 Å². The average Bonchev–Trinajstić information content (AvgIpc) is 3.28. The number of carboxylic acids is 1. The Labute approximate surface area is 239 Å². The van der Waals surface area contributed by atoms with E-state index in [1.54, 1.807) is 0 Å². The van der Waals surface area contributed by atoms with E-state index in [0.29, 0.717) is 38.8 Å². The van der Waals surface area contributed by atoms with E-state index in [2.05, 4.69) is 51.9 Å². The molecule has 1 heterocycles. The predicted molar refractivity (Wildman–Crippen MR) is 154 cm³/mol. The molecule has 1 saturated heterocycles. The number of hydrogen-bond donors (Lipinski definition) is 3. The summed E-state index contributed by atoms with van der Waals surface area (Å²) in [5.74, 6) is -1.61. The highest BCUT2D eigenvalue weighted by molar-refractivity contribution is 5.90. The maximum Gasteiger partial charge on any atom is 0.408 e. The Morgan fingerprint density at radius 3 is 2.05 bits per heavy atom. The largest absolute Gasteiger partial charge is 0.481 e. The van der Waals surface area contributed by atoms with Crippen molar-refractivity contribution in [1.82, 2.24) is 15.5 Å². The summed E-state index contributed by atoms with van der Waals surface area (Å²) in [6, 6.07) is 26.3. The van der Waals surface area contributed by atoms with Gasteiger partial charge in [-0.2, -0.15) is 0 Å². The Morgan fingerprint density at radius 2 is 1.44 bits per heavy atom. The van der Waals surface area contributed by atoms with Crippen LogP contribution < -0.4 is 10.6 Å². The van der Waals surface area contributed by atoms with Crippen LogP contribution in [0.2, 0.25) is 0 Å². The standard InChI is InChI=1S/C33H35N3O5/c37-30(38)23-18-24(19-23)34-31(39)33(14-16-36(17-15-33)20-22-8-2-1-3-9-22)35-32(40)41-21-29-27-12-6-4-10-25(27)26-11-5-7-13-28(26)29/h1-13,23-24,29H,14-21H2,(H,34,39)(H,35,40)(H,37,38). The van der Waals surface area contributed by atoms with Crippen molar-refractivity contribution in [2.45, 2.75) is 49.7 Å². The van der Waals surface area contributed by atoms with Crippen molar-refractivity contribution in [2.24, 2.45) is 5.92 Å². The van der Waals surface area contributed by atoms with Gasteiger partial charge in [0, 0.05) is 31.6 Å². The maximum atomic E-state index is 13.6. The molecule has 1 aliphatic heterocycles. The fourth-order valence-corrected chi connectivity index (χ4v) is 6.43. The molecular formula is C33H35N3O5. The number of carbonyl (C=O) groups excluding carboxylic acids is 2. The van der Waals surface area contributed by atoms with Crippen LogP contribution in [0, 0.1) is 5.92 Å². The Hall–Kier alpha value is -4.17. The molecule has 1 saturated carbocycles. The molecule has 3 aromatic rings. The fourth-order valence-electron chi connectivity index (χ4n) is 6.43. The predicted octanol–water partition coefficient (Wildman–Crippen LogP) is 4.54. The Kier molecular flexibility index (Phi) is 7.49. The van der Waals surface area contributed by atoms with E-state index in [1.807, 2.05) is 42.5 Å². The zero-order valence-electron chi connectivity index (χ0n) is 22.9. The minimum atomic E-state index is -1.12. The third-order valence-electron chi connectivity index (χ3n) is 8.90. The highest BCUT2D eigenvalue weighted by atomic mass is 16.5. The summed E-state index contributed by atoms with van der Waals surface area (Å²) in [5.41, 5.74) is 4.63. The summed E-state index contributed by atoms with van der Waals surface area (Å²) in [5, 5.41) is 15.2. The number of carbonyl (C=O) groups is 3. The summed E-state index contributed by atoms with van der Waals surface area (Å²) in [7, 11) is 0. The molecule has 0 aromatic heterocycles. The SMILES string of the molecule is O=C(NC1(C(=O)NC2CC(C(=O)O)C2)CCN(Cc2ccccc2)CC1)OCC1c2ccccc2-c2ccccc21. The molecule has 8 heteroatoms. The molecular weight excluding hydrogens is 518 g/mol. The Bertz CT molecular complexity index is 1380. The Morgan fingerprint density at radius 1 is 0.854 bits per heavy atom. The number of carboxylic acid groups (broad SMARTS) is 1. The van der Waals surface area contributed by atoms with Crippen molar-refractivity contribution in [3.63, 3.8) is 0 Å². The quantitative estimate of drug-likeness (QED) is 0.378. The van der Waals surface area contributed by atoms with E-state index < -0.39 is 23.5 Å². The number of amides is 2.